The smallest absolute Gasteiger partial charge is 0.0192 e. The molecule has 7 heavy (non-hydrogen) atoms. The van der Waals surface area contributed by atoms with Crippen LogP contribution in [0.2, 0.25) is 0 Å². The lowest BCUT2D eigenvalue weighted by atomic mass is 10.2. The number of hydrogen-bond acceptors (Lipinski definition) is 2. The number of hydrogen-bond donors (Lipinski definition) is 2. The Morgan fingerprint density at radius 3 is 2.43 bits per heavy atom. The van der Waals surface area contributed by atoms with E-state index in [1.807, 2.05) is 0 Å². The van der Waals surface area contributed by atoms with Gasteiger partial charge in [-0.15, -0.1) is 0 Å². The van der Waals surface area contributed by atoms with Gasteiger partial charge in [0.2, 0.25) is 0 Å². The molecule has 0 aromatic carbocycles. The van der Waals surface area contributed by atoms with Crippen LogP contribution in [-0.4, -0.2) is 6.54 Å². The molecule has 0 aromatic rings. The molecule has 0 aromatic heterocycles. The molecule has 1 radical (unpaired) electrons. The van der Waals surface area contributed by atoms with Gasteiger partial charge in [0, 0.05) is 6.54 Å². The first-order chi connectivity index (χ1) is 3.41. The zero-order valence-electron chi connectivity index (χ0n) is 4.56. The highest BCUT2D eigenvalue weighted by Gasteiger charge is 1.80. The number of rotatable bonds is 4. The monoisotopic (exact) mass is 101 g/mol. The molecule has 0 aliphatic rings. The second-order valence-electron chi connectivity index (χ2n) is 1.52. The van der Waals surface area contributed by atoms with Crippen LogP contribution in [0.1, 0.15) is 19.3 Å². The van der Waals surface area contributed by atoms with Crippen molar-refractivity contribution < 1.29 is 0 Å². The van der Waals surface area contributed by atoms with Gasteiger partial charge < -0.3 is 11.5 Å². The molecule has 0 unspecified atom stereocenters. The highest BCUT2D eigenvalue weighted by molar-refractivity contribution is 4.52. The maximum atomic E-state index is 5.21. The maximum absolute atomic E-state index is 5.21. The van der Waals surface area contributed by atoms with Crippen LogP contribution < -0.4 is 11.5 Å². The van der Waals surface area contributed by atoms with Crippen molar-refractivity contribution in [2.45, 2.75) is 19.3 Å². The Bertz CT molecular complexity index is 25.3. The van der Waals surface area contributed by atoms with E-state index in [0.717, 1.165) is 25.8 Å². The Morgan fingerprint density at radius 1 is 1.29 bits per heavy atom. The highest BCUT2D eigenvalue weighted by Crippen LogP contribution is 1.91. The van der Waals surface area contributed by atoms with Gasteiger partial charge in [0.25, 0.3) is 0 Å². The summed E-state index contributed by atoms with van der Waals surface area (Å²) in [4.78, 5) is 0. The normalized spacial score (nSPS) is 9.43. The lowest BCUT2D eigenvalue weighted by Crippen LogP contribution is -1.98. The summed E-state index contributed by atoms with van der Waals surface area (Å²) in [6, 6.07) is 0. The van der Waals surface area contributed by atoms with E-state index in [4.69, 9.17) is 11.5 Å². The van der Waals surface area contributed by atoms with Gasteiger partial charge in [-0.3, -0.25) is 0 Å². The largest absolute Gasteiger partial charge is 0.330 e. The van der Waals surface area contributed by atoms with E-state index in [1.54, 1.807) is 6.54 Å². The molecular formula is C5H13N2. The molecular weight excluding hydrogens is 88.1 g/mol. The summed E-state index contributed by atoms with van der Waals surface area (Å²) < 4.78 is 0. The lowest BCUT2D eigenvalue weighted by molar-refractivity contribution is 0.732. The van der Waals surface area contributed by atoms with Gasteiger partial charge in [0.05, 0.1) is 0 Å². The standard InChI is InChI=1S/C5H13N2/c6-4-2-1-3-5-7/h4H,1-3,5-7H2. The van der Waals surface area contributed by atoms with Crippen LogP contribution in [0, 0.1) is 6.54 Å². The second-order valence-corrected chi connectivity index (χ2v) is 1.52. The van der Waals surface area contributed by atoms with Crippen molar-refractivity contribution in [1.82, 2.24) is 0 Å². The Morgan fingerprint density at radius 2 is 2.00 bits per heavy atom. The first-order valence-corrected chi connectivity index (χ1v) is 2.65. The van der Waals surface area contributed by atoms with E-state index in [2.05, 4.69) is 0 Å². The molecule has 0 amide bonds. The van der Waals surface area contributed by atoms with Crippen molar-refractivity contribution in [2.75, 3.05) is 6.54 Å². The van der Waals surface area contributed by atoms with E-state index < -0.39 is 0 Å². The van der Waals surface area contributed by atoms with Crippen LogP contribution in [-0.2, 0) is 0 Å². The van der Waals surface area contributed by atoms with Gasteiger partial charge in [-0.05, 0) is 19.4 Å². The quantitative estimate of drug-likeness (QED) is 0.498. The minimum atomic E-state index is 0.786. The molecule has 0 aliphatic heterocycles. The molecule has 43 valence electrons. The van der Waals surface area contributed by atoms with Crippen LogP contribution in [0.15, 0.2) is 0 Å². The van der Waals surface area contributed by atoms with Crippen molar-refractivity contribution in [1.29, 1.82) is 0 Å². The van der Waals surface area contributed by atoms with E-state index in [-0.39, 0.29) is 0 Å². The van der Waals surface area contributed by atoms with E-state index in [9.17, 15) is 0 Å². The van der Waals surface area contributed by atoms with Gasteiger partial charge in [-0.2, -0.15) is 0 Å². The number of unbranched alkanes of at least 4 members (excludes halogenated alkanes) is 2. The summed E-state index contributed by atoms with van der Waals surface area (Å²) in [5.41, 5.74) is 10.3. The first-order valence-electron chi connectivity index (χ1n) is 2.65. The summed E-state index contributed by atoms with van der Waals surface area (Å²) in [6.45, 7) is 2.46. The maximum Gasteiger partial charge on any atom is 0.0192 e. The zero-order chi connectivity index (χ0) is 5.54. The molecule has 0 bridgehead atoms. The Labute approximate surface area is 44.9 Å². The third-order valence-corrected chi connectivity index (χ3v) is 0.825. The summed E-state index contributed by atoms with van der Waals surface area (Å²) >= 11 is 0. The van der Waals surface area contributed by atoms with E-state index >= 15 is 0 Å². The predicted molar refractivity (Wildman–Crippen MR) is 31.4 cm³/mol. The van der Waals surface area contributed by atoms with E-state index in [0.29, 0.717) is 0 Å². The lowest BCUT2D eigenvalue weighted by Gasteiger charge is -1.90. The molecule has 0 rings (SSSR count). The van der Waals surface area contributed by atoms with Crippen molar-refractivity contribution in [3.05, 3.63) is 6.54 Å². The molecule has 2 nitrogen and oxygen atoms in total. The first kappa shape index (κ1) is 6.92. The summed E-state index contributed by atoms with van der Waals surface area (Å²) in [5, 5.41) is 0. The summed E-state index contributed by atoms with van der Waals surface area (Å²) in [7, 11) is 0. The fourth-order valence-electron chi connectivity index (χ4n) is 0.407. The zero-order valence-corrected chi connectivity index (χ0v) is 4.56. The Balaban J connectivity index is 2.45. The molecule has 0 heterocycles. The predicted octanol–water partition coefficient (Wildman–Crippen LogP) is 0.236. The molecule has 4 N–H and O–H groups in total. The average Bonchev–Trinajstić information content (AvgIpc) is 1.69. The number of nitrogens with two attached hydrogens (primary N) is 2. The second kappa shape index (κ2) is 5.92. The molecule has 0 spiro atoms. The Kier molecular flexibility index (Phi) is 5.85. The summed E-state index contributed by atoms with van der Waals surface area (Å²) in [5.74, 6) is 0. The molecule has 0 fully saturated rings. The van der Waals surface area contributed by atoms with Crippen LogP contribution >= 0.6 is 0 Å². The van der Waals surface area contributed by atoms with Gasteiger partial charge in [0.15, 0.2) is 0 Å². The van der Waals surface area contributed by atoms with Crippen molar-refractivity contribution >= 4 is 0 Å². The third-order valence-electron chi connectivity index (χ3n) is 0.825. The summed E-state index contributed by atoms with van der Waals surface area (Å²) in [6.07, 6.45) is 3.22. The van der Waals surface area contributed by atoms with E-state index in [1.165, 1.54) is 0 Å². The highest BCUT2D eigenvalue weighted by atomic mass is 14.5. The minimum absolute atomic E-state index is 0.786. The Hall–Kier alpha value is -0.0800. The fourth-order valence-corrected chi connectivity index (χ4v) is 0.407. The van der Waals surface area contributed by atoms with Gasteiger partial charge in [0.1, 0.15) is 0 Å². The van der Waals surface area contributed by atoms with Crippen LogP contribution in [0.3, 0.4) is 0 Å². The van der Waals surface area contributed by atoms with Crippen LogP contribution in [0.5, 0.6) is 0 Å². The molecule has 0 saturated carbocycles. The molecule has 2 heteroatoms. The average molecular weight is 101 g/mol. The SMILES string of the molecule is N[CH]CCCCN. The van der Waals surface area contributed by atoms with Crippen LogP contribution in [0.4, 0.5) is 0 Å². The minimum Gasteiger partial charge on any atom is -0.330 e. The van der Waals surface area contributed by atoms with Crippen molar-refractivity contribution in [2.24, 2.45) is 11.5 Å². The van der Waals surface area contributed by atoms with Gasteiger partial charge in [-0.25, -0.2) is 0 Å². The topological polar surface area (TPSA) is 52.0 Å². The molecule has 0 aliphatic carbocycles. The van der Waals surface area contributed by atoms with Crippen molar-refractivity contribution in [3.63, 3.8) is 0 Å². The third kappa shape index (κ3) is 5.92. The molecule has 0 atom stereocenters. The van der Waals surface area contributed by atoms with Gasteiger partial charge in [-0.1, -0.05) is 6.42 Å². The van der Waals surface area contributed by atoms with Crippen LogP contribution in [0.25, 0.3) is 0 Å². The fraction of sp³-hybridized carbons (Fsp3) is 0.800. The van der Waals surface area contributed by atoms with Crippen molar-refractivity contribution in [3.8, 4) is 0 Å². The van der Waals surface area contributed by atoms with Gasteiger partial charge >= 0.3 is 0 Å². The molecule has 0 saturated heterocycles.